The van der Waals surface area contributed by atoms with Crippen LogP contribution in [0.15, 0.2) is 24.3 Å². The zero-order valence-electron chi connectivity index (χ0n) is 10.5. The van der Waals surface area contributed by atoms with Crippen molar-refractivity contribution in [2.75, 3.05) is 14.2 Å². The zero-order valence-corrected chi connectivity index (χ0v) is 10.5. The van der Waals surface area contributed by atoms with E-state index in [0.29, 0.717) is 6.54 Å². The number of methoxy groups -OCH3 is 1. The molecule has 5 heteroatoms. The van der Waals surface area contributed by atoms with Gasteiger partial charge in [-0.3, -0.25) is 14.5 Å². The first-order chi connectivity index (χ1) is 8.61. The summed E-state index contributed by atoms with van der Waals surface area (Å²) in [5.41, 5.74) is 1.05. The number of hydrogen-bond donors (Lipinski definition) is 1. The molecular weight excluding hydrogens is 232 g/mol. The van der Waals surface area contributed by atoms with Crippen LogP contribution < -0.4 is 10.1 Å². The number of rotatable bonds is 4. The summed E-state index contributed by atoms with van der Waals surface area (Å²) in [6, 6.07) is 7.19. The monoisotopic (exact) mass is 248 g/mol. The van der Waals surface area contributed by atoms with Gasteiger partial charge < -0.3 is 10.1 Å². The number of nitrogens with zero attached hydrogens (tertiary/aromatic N) is 1. The third kappa shape index (κ3) is 2.51. The molecule has 0 spiro atoms. The van der Waals surface area contributed by atoms with Gasteiger partial charge in [0, 0.05) is 13.6 Å². The van der Waals surface area contributed by atoms with Gasteiger partial charge in [0.25, 0.3) is 0 Å². The lowest BCUT2D eigenvalue weighted by Crippen LogP contribution is -2.36. The van der Waals surface area contributed by atoms with Gasteiger partial charge in [-0.05, 0) is 17.7 Å². The molecule has 0 bridgehead atoms. The predicted octanol–water partition coefficient (Wildman–Crippen LogP) is 0.542. The van der Waals surface area contributed by atoms with E-state index < -0.39 is 6.04 Å². The minimum atomic E-state index is -0.399. The fourth-order valence-corrected chi connectivity index (χ4v) is 1.90. The number of imide groups is 1. The lowest BCUT2D eigenvalue weighted by Gasteiger charge is -2.11. The molecule has 5 nitrogen and oxygen atoms in total. The topological polar surface area (TPSA) is 58.6 Å². The van der Waals surface area contributed by atoms with Gasteiger partial charge in [0.05, 0.1) is 19.6 Å². The van der Waals surface area contributed by atoms with Gasteiger partial charge in [-0.15, -0.1) is 0 Å². The van der Waals surface area contributed by atoms with Crippen molar-refractivity contribution in [3.8, 4) is 5.75 Å². The highest BCUT2D eigenvalue weighted by Gasteiger charge is 2.35. The van der Waals surface area contributed by atoms with Crippen molar-refractivity contribution in [3.05, 3.63) is 29.8 Å². The molecule has 1 fully saturated rings. The average molecular weight is 248 g/mol. The van der Waals surface area contributed by atoms with Crippen LogP contribution in [0.2, 0.25) is 0 Å². The van der Waals surface area contributed by atoms with Gasteiger partial charge in [-0.2, -0.15) is 0 Å². The molecule has 2 rings (SSSR count). The smallest absolute Gasteiger partial charge is 0.246 e. The predicted molar refractivity (Wildman–Crippen MR) is 66.0 cm³/mol. The second-order valence-corrected chi connectivity index (χ2v) is 4.28. The Labute approximate surface area is 106 Å². The minimum Gasteiger partial charge on any atom is -0.497 e. The SMILES string of the molecule is COc1ccc(CN[C@H]2CC(=O)N(C)C2=O)cc1. The van der Waals surface area contributed by atoms with Crippen LogP contribution in [-0.4, -0.2) is 36.9 Å². The number of amides is 2. The summed E-state index contributed by atoms with van der Waals surface area (Å²) >= 11 is 0. The van der Waals surface area contributed by atoms with Crippen LogP contribution in [-0.2, 0) is 16.1 Å². The van der Waals surface area contributed by atoms with E-state index in [0.717, 1.165) is 11.3 Å². The Bertz CT molecular complexity index is 456. The summed E-state index contributed by atoms with van der Waals surface area (Å²) in [4.78, 5) is 24.2. The standard InChI is InChI=1S/C13H16N2O3/c1-15-12(16)7-11(13(15)17)14-8-9-3-5-10(18-2)6-4-9/h3-6,11,14H,7-8H2,1-2H3/t11-/m0/s1. The van der Waals surface area contributed by atoms with E-state index in [1.54, 1.807) is 7.11 Å². The molecule has 1 saturated heterocycles. The molecule has 0 aliphatic carbocycles. The molecule has 1 atom stereocenters. The van der Waals surface area contributed by atoms with Crippen LogP contribution in [0.1, 0.15) is 12.0 Å². The fourth-order valence-electron chi connectivity index (χ4n) is 1.90. The number of hydrogen-bond acceptors (Lipinski definition) is 4. The van der Waals surface area contributed by atoms with Crippen LogP contribution in [0.5, 0.6) is 5.75 Å². The Morgan fingerprint density at radius 2 is 2.00 bits per heavy atom. The molecule has 0 unspecified atom stereocenters. The first-order valence-corrected chi connectivity index (χ1v) is 5.78. The maximum Gasteiger partial charge on any atom is 0.246 e. The first kappa shape index (κ1) is 12.6. The quantitative estimate of drug-likeness (QED) is 0.790. The number of carbonyl (C=O) groups is 2. The maximum atomic E-state index is 11.7. The number of likely N-dealkylation sites (tertiary alicyclic amines) is 1. The Morgan fingerprint density at radius 1 is 1.33 bits per heavy atom. The van der Waals surface area contributed by atoms with Gasteiger partial charge in [-0.25, -0.2) is 0 Å². The van der Waals surface area contributed by atoms with Crippen LogP contribution in [0, 0.1) is 0 Å². The lowest BCUT2D eigenvalue weighted by atomic mass is 10.2. The van der Waals surface area contributed by atoms with Crippen LogP contribution in [0.4, 0.5) is 0 Å². The maximum absolute atomic E-state index is 11.7. The van der Waals surface area contributed by atoms with Crippen molar-refractivity contribution >= 4 is 11.8 Å². The fraction of sp³-hybridized carbons (Fsp3) is 0.385. The second-order valence-electron chi connectivity index (χ2n) is 4.28. The minimum absolute atomic E-state index is 0.132. The van der Waals surface area contributed by atoms with Crippen molar-refractivity contribution < 1.29 is 14.3 Å². The molecule has 96 valence electrons. The number of carbonyl (C=O) groups excluding carboxylic acids is 2. The third-order valence-electron chi connectivity index (χ3n) is 3.09. The van der Waals surface area contributed by atoms with Crippen molar-refractivity contribution in [1.29, 1.82) is 0 Å². The summed E-state index contributed by atoms with van der Waals surface area (Å²) in [6.07, 6.45) is 0.242. The highest BCUT2D eigenvalue weighted by Crippen LogP contribution is 2.13. The molecule has 1 aromatic carbocycles. The molecule has 2 amide bonds. The van der Waals surface area contributed by atoms with Gasteiger partial charge >= 0.3 is 0 Å². The van der Waals surface area contributed by atoms with Crippen LogP contribution in [0.25, 0.3) is 0 Å². The molecular formula is C13H16N2O3. The van der Waals surface area contributed by atoms with Gasteiger partial charge in [0.1, 0.15) is 5.75 Å². The summed E-state index contributed by atoms with van der Waals surface area (Å²) in [5, 5.41) is 3.09. The molecule has 0 saturated carbocycles. The van der Waals surface area contributed by atoms with Gasteiger partial charge in [0.2, 0.25) is 11.8 Å². The Hall–Kier alpha value is -1.88. The number of likely N-dealkylation sites (N-methyl/N-ethyl adjacent to an activating group) is 1. The molecule has 0 radical (unpaired) electrons. The highest BCUT2D eigenvalue weighted by molar-refractivity contribution is 6.05. The summed E-state index contributed by atoms with van der Waals surface area (Å²) in [5.74, 6) is 0.506. The lowest BCUT2D eigenvalue weighted by molar-refractivity contribution is -0.137. The molecule has 1 aliphatic heterocycles. The Morgan fingerprint density at radius 3 is 2.50 bits per heavy atom. The Balaban J connectivity index is 1.91. The van der Waals surface area contributed by atoms with E-state index in [-0.39, 0.29) is 18.2 Å². The van der Waals surface area contributed by atoms with Crippen molar-refractivity contribution in [1.82, 2.24) is 10.2 Å². The molecule has 1 heterocycles. The Kier molecular flexibility index (Phi) is 3.62. The zero-order chi connectivity index (χ0) is 13.1. The largest absolute Gasteiger partial charge is 0.497 e. The number of ether oxygens (including phenoxy) is 1. The van der Waals surface area contributed by atoms with E-state index in [4.69, 9.17) is 4.74 Å². The highest BCUT2D eigenvalue weighted by atomic mass is 16.5. The van der Waals surface area contributed by atoms with Gasteiger partial charge in [-0.1, -0.05) is 12.1 Å². The van der Waals surface area contributed by atoms with E-state index in [1.807, 2.05) is 24.3 Å². The summed E-state index contributed by atoms with van der Waals surface area (Å²) in [6.45, 7) is 0.557. The van der Waals surface area contributed by atoms with E-state index in [9.17, 15) is 9.59 Å². The normalized spacial score (nSPS) is 19.4. The molecule has 1 aromatic rings. The summed E-state index contributed by atoms with van der Waals surface area (Å²) < 4.78 is 5.07. The molecule has 18 heavy (non-hydrogen) atoms. The number of nitrogens with one attached hydrogen (secondary N) is 1. The summed E-state index contributed by atoms with van der Waals surface area (Å²) in [7, 11) is 3.13. The van der Waals surface area contributed by atoms with Crippen LogP contribution in [0.3, 0.4) is 0 Å². The third-order valence-corrected chi connectivity index (χ3v) is 3.09. The number of benzene rings is 1. The molecule has 1 aliphatic rings. The van der Waals surface area contributed by atoms with E-state index in [1.165, 1.54) is 11.9 Å². The van der Waals surface area contributed by atoms with Crippen molar-refractivity contribution in [2.45, 2.75) is 19.0 Å². The second kappa shape index (κ2) is 5.18. The van der Waals surface area contributed by atoms with Crippen molar-refractivity contribution in [3.63, 3.8) is 0 Å². The van der Waals surface area contributed by atoms with Gasteiger partial charge in [0.15, 0.2) is 0 Å². The molecule has 0 aromatic heterocycles. The average Bonchev–Trinajstić information content (AvgIpc) is 2.64. The van der Waals surface area contributed by atoms with E-state index in [2.05, 4.69) is 5.32 Å². The van der Waals surface area contributed by atoms with E-state index >= 15 is 0 Å². The van der Waals surface area contributed by atoms with Crippen molar-refractivity contribution in [2.24, 2.45) is 0 Å². The molecule has 1 N–H and O–H groups in total. The first-order valence-electron chi connectivity index (χ1n) is 5.78. The van der Waals surface area contributed by atoms with Crippen LogP contribution >= 0.6 is 0 Å².